The molecular formula is C12H20ClN3O4. The number of aliphatic hydroxyl groups is 1. The molecule has 0 saturated heterocycles. The van der Waals surface area contributed by atoms with Gasteiger partial charge in [0.05, 0.1) is 37.7 Å². The monoisotopic (exact) mass is 305 g/mol. The summed E-state index contributed by atoms with van der Waals surface area (Å²) in [6, 6.07) is -0.140. The van der Waals surface area contributed by atoms with Crippen LogP contribution in [0.2, 0.25) is 5.02 Å². The van der Waals surface area contributed by atoms with Crippen LogP contribution in [0.15, 0.2) is 11.0 Å². The normalized spacial score (nSPS) is 12.4. The average Bonchev–Trinajstić information content (AvgIpc) is 2.43. The second-order valence-electron chi connectivity index (χ2n) is 4.20. The summed E-state index contributed by atoms with van der Waals surface area (Å²) in [7, 11) is 3.11. The number of aliphatic hydroxyl groups excluding tert-OH is 1. The minimum atomic E-state index is -0.381. The van der Waals surface area contributed by atoms with Crippen molar-refractivity contribution in [3.8, 4) is 0 Å². The predicted octanol–water partition coefficient (Wildman–Crippen LogP) is 0.352. The Bertz CT molecular complexity index is 461. The zero-order chi connectivity index (χ0) is 15.0. The van der Waals surface area contributed by atoms with Gasteiger partial charge in [0.15, 0.2) is 0 Å². The molecule has 0 saturated carbocycles. The van der Waals surface area contributed by atoms with Gasteiger partial charge >= 0.3 is 0 Å². The van der Waals surface area contributed by atoms with Crippen molar-refractivity contribution in [2.45, 2.75) is 19.0 Å². The zero-order valence-corrected chi connectivity index (χ0v) is 12.4. The van der Waals surface area contributed by atoms with E-state index in [9.17, 15) is 4.79 Å². The molecule has 0 spiro atoms. The molecule has 8 heteroatoms. The lowest BCUT2D eigenvalue weighted by molar-refractivity contribution is 0.170. The largest absolute Gasteiger partial charge is 0.396 e. The molecule has 1 aromatic rings. The number of methoxy groups -OCH3 is 2. The van der Waals surface area contributed by atoms with Crippen molar-refractivity contribution in [1.82, 2.24) is 9.78 Å². The van der Waals surface area contributed by atoms with Crippen LogP contribution in [0.25, 0.3) is 0 Å². The summed E-state index contributed by atoms with van der Waals surface area (Å²) in [5, 5.41) is 16.1. The zero-order valence-electron chi connectivity index (χ0n) is 11.6. The molecule has 0 aliphatic rings. The van der Waals surface area contributed by atoms with Gasteiger partial charge in [0, 0.05) is 20.8 Å². The Morgan fingerprint density at radius 2 is 2.25 bits per heavy atom. The van der Waals surface area contributed by atoms with E-state index in [1.165, 1.54) is 10.9 Å². The minimum Gasteiger partial charge on any atom is -0.396 e. The molecular weight excluding hydrogens is 286 g/mol. The molecule has 20 heavy (non-hydrogen) atoms. The van der Waals surface area contributed by atoms with E-state index in [1.807, 2.05) is 0 Å². The summed E-state index contributed by atoms with van der Waals surface area (Å²) < 4.78 is 11.2. The first-order valence-electron chi connectivity index (χ1n) is 6.25. The Morgan fingerprint density at radius 3 is 2.85 bits per heavy atom. The second-order valence-corrected chi connectivity index (χ2v) is 4.58. The topological polar surface area (TPSA) is 85.6 Å². The van der Waals surface area contributed by atoms with Crippen LogP contribution >= 0.6 is 11.6 Å². The van der Waals surface area contributed by atoms with E-state index in [4.69, 9.17) is 26.2 Å². The average molecular weight is 306 g/mol. The highest BCUT2D eigenvalue weighted by Crippen LogP contribution is 2.17. The van der Waals surface area contributed by atoms with E-state index in [0.29, 0.717) is 31.9 Å². The minimum absolute atomic E-state index is 0.0109. The number of anilines is 1. The van der Waals surface area contributed by atoms with Crippen molar-refractivity contribution in [1.29, 1.82) is 0 Å². The van der Waals surface area contributed by atoms with Gasteiger partial charge in [-0.05, 0) is 6.42 Å². The van der Waals surface area contributed by atoms with E-state index in [0.717, 1.165) is 0 Å². The first-order chi connectivity index (χ1) is 9.63. The molecule has 1 unspecified atom stereocenters. The van der Waals surface area contributed by atoms with Crippen molar-refractivity contribution >= 4 is 17.3 Å². The Morgan fingerprint density at radius 1 is 1.50 bits per heavy atom. The first-order valence-corrected chi connectivity index (χ1v) is 6.62. The van der Waals surface area contributed by atoms with E-state index < -0.39 is 0 Å². The fourth-order valence-corrected chi connectivity index (χ4v) is 1.88. The Hall–Kier alpha value is -1.15. The summed E-state index contributed by atoms with van der Waals surface area (Å²) >= 11 is 6.04. The van der Waals surface area contributed by atoms with Crippen molar-refractivity contribution in [2.24, 2.45) is 0 Å². The lowest BCUT2D eigenvalue weighted by Crippen LogP contribution is -2.30. The van der Waals surface area contributed by atoms with E-state index in [1.54, 1.807) is 14.2 Å². The Labute approximate surface area is 122 Å². The van der Waals surface area contributed by atoms with Gasteiger partial charge in [-0.25, -0.2) is 4.68 Å². The maximum atomic E-state index is 12.0. The summed E-state index contributed by atoms with van der Waals surface area (Å²) in [4.78, 5) is 12.0. The quantitative estimate of drug-likeness (QED) is 0.685. The SMILES string of the molecule is COCCn1ncc(NC(CCO)COC)c(Cl)c1=O. The third-order valence-electron chi connectivity index (χ3n) is 2.70. The fraction of sp³-hybridized carbons (Fsp3) is 0.667. The first kappa shape index (κ1) is 16.9. The Balaban J connectivity index is 2.85. The molecule has 2 N–H and O–H groups in total. The maximum Gasteiger partial charge on any atom is 0.287 e. The number of rotatable bonds is 9. The predicted molar refractivity (Wildman–Crippen MR) is 76.4 cm³/mol. The molecule has 1 rings (SSSR count). The highest BCUT2D eigenvalue weighted by atomic mass is 35.5. The van der Waals surface area contributed by atoms with Crippen molar-refractivity contribution < 1.29 is 14.6 Å². The van der Waals surface area contributed by atoms with Crippen LogP contribution in [0.3, 0.4) is 0 Å². The van der Waals surface area contributed by atoms with Crippen LogP contribution < -0.4 is 10.9 Å². The summed E-state index contributed by atoms with van der Waals surface area (Å²) in [5.74, 6) is 0. The highest BCUT2D eigenvalue weighted by Gasteiger charge is 2.13. The maximum absolute atomic E-state index is 12.0. The number of aromatic nitrogens is 2. The van der Waals surface area contributed by atoms with Gasteiger partial charge in [0.1, 0.15) is 5.02 Å². The molecule has 114 valence electrons. The highest BCUT2D eigenvalue weighted by molar-refractivity contribution is 6.32. The number of nitrogens with one attached hydrogen (secondary N) is 1. The van der Waals surface area contributed by atoms with Crippen molar-refractivity contribution in [2.75, 3.05) is 39.4 Å². The van der Waals surface area contributed by atoms with Crippen LogP contribution in [0.1, 0.15) is 6.42 Å². The number of halogens is 1. The lowest BCUT2D eigenvalue weighted by Gasteiger charge is -2.18. The number of hydrogen-bond acceptors (Lipinski definition) is 6. The number of hydrogen-bond donors (Lipinski definition) is 2. The third kappa shape index (κ3) is 4.75. The molecule has 1 aromatic heterocycles. The van der Waals surface area contributed by atoms with Crippen LogP contribution in [0, 0.1) is 0 Å². The van der Waals surface area contributed by atoms with Gasteiger partial charge in [0.25, 0.3) is 5.56 Å². The lowest BCUT2D eigenvalue weighted by atomic mass is 10.2. The fourth-order valence-electron chi connectivity index (χ4n) is 1.68. The van der Waals surface area contributed by atoms with Crippen LogP contribution in [0.5, 0.6) is 0 Å². The molecule has 1 heterocycles. The summed E-state index contributed by atoms with van der Waals surface area (Å²) in [6.07, 6.45) is 1.97. The van der Waals surface area contributed by atoms with Gasteiger partial charge in [-0.15, -0.1) is 0 Å². The van der Waals surface area contributed by atoms with Crippen LogP contribution in [-0.4, -0.2) is 55.0 Å². The molecule has 7 nitrogen and oxygen atoms in total. The summed E-state index contributed by atoms with van der Waals surface area (Å²) in [5.41, 5.74) is 0.0507. The number of ether oxygens (including phenoxy) is 2. The van der Waals surface area contributed by atoms with Gasteiger partial charge < -0.3 is 19.9 Å². The molecule has 0 aliphatic heterocycles. The molecule has 0 bridgehead atoms. The van der Waals surface area contributed by atoms with Gasteiger partial charge in [0.2, 0.25) is 0 Å². The van der Waals surface area contributed by atoms with Gasteiger partial charge in [-0.2, -0.15) is 5.10 Å². The molecule has 0 radical (unpaired) electrons. The molecule has 0 amide bonds. The van der Waals surface area contributed by atoms with Gasteiger partial charge in [-0.3, -0.25) is 4.79 Å². The van der Waals surface area contributed by atoms with Gasteiger partial charge in [-0.1, -0.05) is 11.6 Å². The van der Waals surface area contributed by atoms with E-state index in [2.05, 4.69) is 10.4 Å². The second kappa shape index (κ2) is 8.91. The van der Waals surface area contributed by atoms with Crippen LogP contribution in [-0.2, 0) is 16.0 Å². The molecule has 1 atom stereocenters. The number of nitrogens with zero attached hydrogens (tertiary/aromatic N) is 2. The van der Waals surface area contributed by atoms with E-state index >= 15 is 0 Å². The molecule has 0 fully saturated rings. The smallest absolute Gasteiger partial charge is 0.287 e. The standard InChI is InChI=1S/C12H20ClN3O4/c1-19-6-4-16-12(18)11(13)10(7-14-16)15-9(3-5-17)8-20-2/h7,9,15,17H,3-6,8H2,1-2H3. The third-order valence-corrected chi connectivity index (χ3v) is 3.06. The van der Waals surface area contributed by atoms with E-state index in [-0.39, 0.29) is 23.2 Å². The Kier molecular flexibility index (Phi) is 7.53. The summed E-state index contributed by atoms with van der Waals surface area (Å²) in [6.45, 7) is 1.13. The van der Waals surface area contributed by atoms with Crippen molar-refractivity contribution in [3.63, 3.8) is 0 Å². The molecule has 0 aromatic carbocycles. The van der Waals surface area contributed by atoms with Crippen molar-refractivity contribution in [3.05, 3.63) is 21.6 Å². The molecule has 0 aliphatic carbocycles. The van der Waals surface area contributed by atoms with Crippen LogP contribution in [0.4, 0.5) is 5.69 Å².